The van der Waals surface area contributed by atoms with Crippen LogP contribution in [-0.4, -0.2) is 26.4 Å². The highest BCUT2D eigenvalue weighted by Gasteiger charge is 2.31. The van der Waals surface area contributed by atoms with Crippen molar-refractivity contribution in [2.45, 2.75) is 11.2 Å². The Hall–Kier alpha value is -3.08. The van der Waals surface area contributed by atoms with Crippen LogP contribution >= 0.6 is 11.8 Å². The van der Waals surface area contributed by atoms with E-state index < -0.39 is 17.6 Å². The number of rotatable bonds is 5. The Bertz CT molecular complexity index is 947. The van der Waals surface area contributed by atoms with Crippen LogP contribution in [0.1, 0.15) is 5.56 Å². The predicted octanol–water partition coefficient (Wildman–Crippen LogP) is 2.65. The van der Waals surface area contributed by atoms with Crippen molar-refractivity contribution < 1.29 is 22.7 Å². The van der Waals surface area contributed by atoms with Gasteiger partial charge in [0.05, 0.1) is 22.7 Å². The summed E-state index contributed by atoms with van der Waals surface area (Å²) in [6.07, 6.45) is -0.748. The Labute approximate surface area is 155 Å². The van der Waals surface area contributed by atoms with E-state index in [0.717, 1.165) is 23.9 Å². The molecule has 0 radical (unpaired) electrons. The van der Waals surface area contributed by atoms with Crippen LogP contribution in [0, 0.1) is 5.21 Å². The number of alkyl halides is 3. The van der Waals surface area contributed by atoms with Crippen molar-refractivity contribution in [1.82, 2.24) is 14.8 Å². The summed E-state index contributed by atoms with van der Waals surface area (Å²) < 4.78 is 40.9. The molecule has 0 aliphatic rings. The van der Waals surface area contributed by atoms with E-state index in [1.807, 2.05) is 0 Å². The van der Waals surface area contributed by atoms with E-state index in [0.29, 0.717) is 9.76 Å². The third-order valence-electron chi connectivity index (χ3n) is 3.40. The number of benzene rings is 1. The number of nitrogens with zero attached hydrogens (tertiary/aromatic N) is 4. The van der Waals surface area contributed by atoms with Crippen molar-refractivity contribution in [2.24, 2.45) is 0 Å². The van der Waals surface area contributed by atoms with Gasteiger partial charge in [-0.25, -0.2) is 9.67 Å². The molecule has 0 aliphatic carbocycles. The molecule has 0 saturated carbocycles. The molecule has 3 aromatic rings. The van der Waals surface area contributed by atoms with Gasteiger partial charge in [-0.3, -0.25) is 4.79 Å². The number of hydrogen-bond donors (Lipinski definition) is 1. The fourth-order valence-electron chi connectivity index (χ4n) is 2.20. The molecule has 2 aromatic heterocycles. The average molecular weight is 395 g/mol. The molecule has 140 valence electrons. The highest BCUT2D eigenvalue weighted by atomic mass is 32.2. The van der Waals surface area contributed by atoms with E-state index in [2.05, 4.69) is 15.4 Å². The van der Waals surface area contributed by atoms with Gasteiger partial charge in [-0.2, -0.15) is 23.0 Å². The second-order valence-corrected chi connectivity index (χ2v) is 6.27. The summed E-state index contributed by atoms with van der Waals surface area (Å²) >= 11 is 0.969. The number of thioether (sulfide) groups is 1. The summed E-state index contributed by atoms with van der Waals surface area (Å²) in [5, 5.41) is 18.2. The van der Waals surface area contributed by atoms with E-state index in [9.17, 15) is 23.2 Å². The van der Waals surface area contributed by atoms with Gasteiger partial charge in [0.2, 0.25) is 5.91 Å². The van der Waals surface area contributed by atoms with E-state index in [-0.39, 0.29) is 17.1 Å². The zero-order chi connectivity index (χ0) is 19.4. The van der Waals surface area contributed by atoms with E-state index in [1.165, 1.54) is 35.7 Å². The Kier molecular flexibility index (Phi) is 5.31. The summed E-state index contributed by atoms with van der Waals surface area (Å²) in [7, 11) is 0. The van der Waals surface area contributed by atoms with Crippen LogP contribution in [0.5, 0.6) is 0 Å². The highest BCUT2D eigenvalue weighted by Crippen LogP contribution is 2.33. The summed E-state index contributed by atoms with van der Waals surface area (Å²) in [6, 6.07) is 7.65. The van der Waals surface area contributed by atoms with Crippen LogP contribution in [-0.2, 0) is 11.0 Å². The van der Waals surface area contributed by atoms with Crippen molar-refractivity contribution in [3.05, 3.63) is 66.0 Å². The Balaban J connectivity index is 1.81. The van der Waals surface area contributed by atoms with Gasteiger partial charge in [0.25, 0.3) is 5.03 Å². The summed E-state index contributed by atoms with van der Waals surface area (Å²) in [5.74, 6) is -0.719. The third-order valence-corrected chi connectivity index (χ3v) is 4.42. The van der Waals surface area contributed by atoms with Crippen LogP contribution in [0.2, 0.25) is 0 Å². The number of pyridine rings is 1. The maximum Gasteiger partial charge on any atom is 0.416 e. The lowest BCUT2D eigenvalue weighted by Crippen LogP contribution is -2.28. The number of halogens is 3. The average Bonchev–Trinajstić information content (AvgIpc) is 3.14. The molecule has 27 heavy (non-hydrogen) atoms. The molecule has 0 fully saturated rings. The Morgan fingerprint density at radius 3 is 2.78 bits per heavy atom. The molecule has 3 rings (SSSR count). The zero-order valence-electron chi connectivity index (χ0n) is 13.6. The SMILES string of the molecule is O=C(CSc1cccc[n+]1[O-])Nc1cc(C(F)(F)F)ccc1-n1cncn1. The first kappa shape index (κ1) is 18.7. The van der Waals surface area contributed by atoms with Crippen LogP contribution < -0.4 is 10.0 Å². The molecular formula is C16H12F3N5O2S. The minimum absolute atomic E-state index is 0.0658. The van der Waals surface area contributed by atoms with Crippen LogP contribution in [0.4, 0.5) is 18.9 Å². The molecule has 7 nitrogen and oxygen atoms in total. The monoisotopic (exact) mass is 395 g/mol. The quantitative estimate of drug-likeness (QED) is 0.408. The van der Waals surface area contributed by atoms with Gasteiger partial charge in [0.1, 0.15) is 12.7 Å². The van der Waals surface area contributed by atoms with Crippen LogP contribution in [0.15, 0.2) is 60.3 Å². The second kappa shape index (κ2) is 7.66. The minimum Gasteiger partial charge on any atom is -0.618 e. The lowest BCUT2D eigenvalue weighted by Gasteiger charge is -2.14. The highest BCUT2D eigenvalue weighted by molar-refractivity contribution is 7.99. The lowest BCUT2D eigenvalue weighted by atomic mass is 10.1. The Morgan fingerprint density at radius 1 is 1.30 bits per heavy atom. The maximum absolute atomic E-state index is 13.0. The number of anilines is 1. The molecule has 1 aromatic carbocycles. The van der Waals surface area contributed by atoms with Crippen LogP contribution in [0.25, 0.3) is 5.69 Å². The Morgan fingerprint density at radius 2 is 2.11 bits per heavy atom. The van der Waals surface area contributed by atoms with E-state index in [4.69, 9.17) is 0 Å². The molecule has 0 unspecified atom stereocenters. The molecule has 0 atom stereocenters. The molecule has 2 heterocycles. The summed E-state index contributed by atoms with van der Waals surface area (Å²) in [5.41, 5.74) is -0.740. The number of aromatic nitrogens is 4. The molecule has 1 N–H and O–H groups in total. The molecule has 0 spiro atoms. The van der Waals surface area contributed by atoms with Crippen molar-refractivity contribution in [3.8, 4) is 5.69 Å². The van der Waals surface area contributed by atoms with Gasteiger partial charge in [-0.15, -0.1) is 0 Å². The molecular weight excluding hydrogens is 383 g/mol. The van der Waals surface area contributed by atoms with Crippen molar-refractivity contribution in [2.75, 3.05) is 11.1 Å². The largest absolute Gasteiger partial charge is 0.618 e. The minimum atomic E-state index is -4.56. The van der Waals surface area contributed by atoms with Crippen LogP contribution in [0.3, 0.4) is 0 Å². The number of carbonyl (C=O) groups excluding carboxylic acids is 1. The van der Waals surface area contributed by atoms with Crippen molar-refractivity contribution >= 4 is 23.4 Å². The smallest absolute Gasteiger partial charge is 0.416 e. The van der Waals surface area contributed by atoms with E-state index >= 15 is 0 Å². The first-order chi connectivity index (χ1) is 12.8. The second-order valence-electron chi connectivity index (χ2n) is 5.27. The van der Waals surface area contributed by atoms with Gasteiger partial charge in [-0.1, -0.05) is 0 Å². The van der Waals surface area contributed by atoms with Crippen molar-refractivity contribution in [1.29, 1.82) is 0 Å². The van der Waals surface area contributed by atoms with Gasteiger partial charge in [0, 0.05) is 12.1 Å². The molecule has 0 saturated heterocycles. The number of amides is 1. The fourth-order valence-corrected chi connectivity index (χ4v) is 2.91. The lowest BCUT2D eigenvalue weighted by molar-refractivity contribution is -0.645. The maximum atomic E-state index is 13.0. The normalized spacial score (nSPS) is 11.4. The molecule has 0 aliphatic heterocycles. The number of carbonyl (C=O) groups is 1. The van der Waals surface area contributed by atoms with Crippen molar-refractivity contribution in [3.63, 3.8) is 0 Å². The molecule has 11 heteroatoms. The van der Waals surface area contributed by atoms with Gasteiger partial charge in [-0.05, 0) is 36.0 Å². The van der Waals surface area contributed by atoms with Gasteiger partial charge in [0.15, 0.2) is 6.20 Å². The molecule has 1 amide bonds. The summed E-state index contributed by atoms with van der Waals surface area (Å²) in [4.78, 5) is 16.0. The zero-order valence-corrected chi connectivity index (χ0v) is 14.4. The number of hydrogen-bond acceptors (Lipinski definition) is 5. The number of nitrogens with one attached hydrogen (secondary N) is 1. The third kappa shape index (κ3) is 4.56. The fraction of sp³-hybridized carbons (Fsp3) is 0.125. The predicted molar refractivity (Wildman–Crippen MR) is 91.1 cm³/mol. The van der Waals surface area contributed by atoms with E-state index in [1.54, 1.807) is 12.1 Å². The standard InChI is InChI=1S/C16H12F3N5O2S/c17-16(18,19)11-4-5-13(23-10-20-9-21-23)12(7-11)22-14(25)8-27-15-3-1-2-6-24(15)26/h1-7,9-10H,8H2,(H,22,25). The summed E-state index contributed by atoms with van der Waals surface area (Å²) in [6.45, 7) is 0. The molecule has 0 bridgehead atoms. The van der Waals surface area contributed by atoms with Gasteiger partial charge < -0.3 is 10.5 Å². The first-order valence-electron chi connectivity index (χ1n) is 7.51. The topological polar surface area (TPSA) is 86.8 Å². The van der Waals surface area contributed by atoms with Gasteiger partial charge >= 0.3 is 6.18 Å². The first-order valence-corrected chi connectivity index (χ1v) is 8.50.